The molecule has 1 N–H and O–H groups in total. The lowest BCUT2D eigenvalue weighted by Gasteiger charge is -2.15. The van der Waals surface area contributed by atoms with Crippen molar-refractivity contribution in [1.29, 1.82) is 0 Å². The van der Waals surface area contributed by atoms with Gasteiger partial charge in [-0.05, 0) is 154 Å². The Balaban J connectivity index is 0.760. The number of pyridine rings is 1. The summed E-state index contributed by atoms with van der Waals surface area (Å²) in [7, 11) is 0. The molecule has 0 bridgehead atoms. The molecule has 5 aromatic heterocycles. The van der Waals surface area contributed by atoms with E-state index in [1.165, 1.54) is 10.8 Å². The van der Waals surface area contributed by atoms with Crippen LogP contribution in [0.4, 0.5) is 5.88 Å². The van der Waals surface area contributed by atoms with Crippen molar-refractivity contribution in [2.45, 2.75) is 0 Å². The molecule has 0 saturated heterocycles. The number of nitrogens with one attached hydrogen (secondary N) is 1. The zero-order valence-electron chi connectivity index (χ0n) is 50.3. The number of aromatic nitrogens is 7. The Bertz CT molecular complexity index is 6190. The molecule has 10 nitrogen and oxygen atoms in total. The fourth-order valence-electron chi connectivity index (χ4n) is 13.8. The summed E-state index contributed by atoms with van der Waals surface area (Å²) < 4.78 is 13.5. The van der Waals surface area contributed by atoms with Gasteiger partial charge in [0.15, 0.2) is 34.9 Å². The highest BCUT2D eigenvalue weighted by atomic mass is 16.4. The minimum atomic E-state index is 0.528. The van der Waals surface area contributed by atoms with Gasteiger partial charge in [-0.2, -0.15) is 0 Å². The third-order valence-corrected chi connectivity index (χ3v) is 18.4. The molecule has 94 heavy (non-hydrogen) atoms. The van der Waals surface area contributed by atoms with Crippen LogP contribution in [0.5, 0.6) is 0 Å². The summed E-state index contributed by atoms with van der Waals surface area (Å²) in [4.78, 5) is 36.4. The average molecular weight is 1200 g/mol. The van der Waals surface area contributed by atoms with E-state index in [0.717, 1.165) is 143 Å². The first-order valence-electron chi connectivity index (χ1n) is 31.5. The van der Waals surface area contributed by atoms with Crippen LogP contribution in [0.1, 0.15) is 5.56 Å². The van der Waals surface area contributed by atoms with E-state index in [-0.39, 0.29) is 0 Å². The summed E-state index contributed by atoms with van der Waals surface area (Å²) >= 11 is 0. The van der Waals surface area contributed by atoms with Crippen LogP contribution in [0.25, 0.3) is 195 Å². The summed E-state index contributed by atoms with van der Waals surface area (Å²) in [6, 6.07) is 93.6. The third-order valence-electron chi connectivity index (χ3n) is 18.4. The normalized spacial score (nSPS) is 12.3. The topological polar surface area (TPSA) is 129 Å². The number of nitrogens with zero attached hydrogens (tertiary/aromatic N) is 7. The van der Waals surface area contributed by atoms with Gasteiger partial charge in [0.1, 0.15) is 11.2 Å². The lowest BCUT2D eigenvalue weighted by Crippen LogP contribution is -2.03. The molecule has 438 valence electrons. The third kappa shape index (κ3) is 8.99. The Labute approximate surface area is 537 Å². The molecule has 0 saturated carbocycles. The van der Waals surface area contributed by atoms with Crippen molar-refractivity contribution in [2.24, 2.45) is 0 Å². The van der Waals surface area contributed by atoms with Crippen molar-refractivity contribution in [3.05, 3.63) is 285 Å². The SMILES string of the molecule is C1=Cc2c(oc3cc(-c4ccc5c(c4)c(-c4ccc6ccc(-c7nc(-c8ccccc8)nc(-c8ccc(-c9ccc%10ccccc%10c9)c9oc%10ncccc%10c89)n7)cc6c4)cc4ccccc45)cc(-c4nc(-c5ccccc5)nc(-c5ccc6ccccc6c5)n4)c23)NC1. The lowest BCUT2D eigenvalue weighted by atomic mass is 9.89. The number of hydrogen-bond acceptors (Lipinski definition) is 10. The smallest absolute Gasteiger partial charge is 0.227 e. The van der Waals surface area contributed by atoms with Crippen molar-refractivity contribution in [3.63, 3.8) is 0 Å². The second kappa shape index (κ2) is 21.4. The van der Waals surface area contributed by atoms with Gasteiger partial charge in [0.05, 0.1) is 0 Å². The molecule has 0 spiro atoms. The summed E-state index contributed by atoms with van der Waals surface area (Å²) in [5, 5.41) is 17.5. The van der Waals surface area contributed by atoms with Crippen LogP contribution in [0.15, 0.2) is 288 Å². The molecular weight excluding hydrogens is 1150 g/mol. The number of hydrogen-bond donors (Lipinski definition) is 1. The fraction of sp³-hybridized carbons (Fsp3) is 0.0119. The Morgan fingerprint density at radius 3 is 1.53 bits per heavy atom. The standard InChI is InChI=1S/C84H50N8O2/c1-3-17-52(18-4-1)77-87-80(91-81(89-77)67-38-37-65(58-31-27-49-15-7-9-21-54(49)41-58)76-75(67)69-26-14-40-86-84(69)94-76)61-34-30-51-28-32-59(43-62(51)44-61)70-46-57-23-11-12-24-64(57)66-36-35-56(45-71(66)70)63-47-72(74-68-25-13-39-85-83(68)93-73(74)48-63)82-90-78(53-19-5-2-6-20-53)88-79(92-82)60-33-29-50-16-8-10-22-55(50)42-60/h1-38,40-48,85H,39H2. The minimum absolute atomic E-state index is 0.528. The van der Waals surface area contributed by atoms with Gasteiger partial charge in [-0.1, -0.05) is 206 Å². The number of benzene rings is 13. The second-order valence-electron chi connectivity index (χ2n) is 24.0. The summed E-state index contributed by atoms with van der Waals surface area (Å²) in [6.45, 7) is 0.658. The van der Waals surface area contributed by atoms with E-state index < -0.39 is 0 Å². The maximum absolute atomic E-state index is 6.78. The Hall–Kier alpha value is -12.8. The highest BCUT2D eigenvalue weighted by Gasteiger charge is 2.26. The van der Waals surface area contributed by atoms with Gasteiger partial charge in [-0.25, -0.2) is 34.9 Å². The van der Waals surface area contributed by atoms with E-state index in [0.29, 0.717) is 53.1 Å². The molecule has 1 aliphatic rings. The van der Waals surface area contributed by atoms with E-state index in [9.17, 15) is 0 Å². The van der Waals surface area contributed by atoms with Crippen molar-refractivity contribution >= 4 is 98.9 Å². The van der Waals surface area contributed by atoms with E-state index in [2.05, 4.69) is 218 Å². The van der Waals surface area contributed by atoms with Gasteiger partial charge >= 0.3 is 0 Å². The van der Waals surface area contributed by atoms with Gasteiger partial charge in [0.25, 0.3) is 0 Å². The van der Waals surface area contributed by atoms with Crippen molar-refractivity contribution in [1.82, 2.24) is 34.9 Å². The van der Waals surface area contributed by atoms with Crippen LogP contribution in [0.3, 0.4) is 0 Å². The number of rotatable bonds is 9. The molecule has 1 aliphatic heterocycles. The van der Waals surface area contributed by atoms with Crippen LogP contribution in [-0.4, -0.2) is 41.4 Å². The number of furan rings is 2. The predicted molar refractivity (Wildman–Crippen MR) is 382 cm³/mol. The molecule has 18 aromatic rings. The first kappa shape index (κ1) is 53.1. The van der Waals surface area contributed by atoms with Gasteiger partial charge in [-0.15, -0.1) is 0 Å². The lowest BCUT2D eigenvalue weighted by molar-refractivity contribution is 0.628. The van der Waals surface area contributed by atoms with E-state index in [1.54, 1.807) is 6.20 Å². The summed E-state index contributed by atoms with van der Waals surface area (Å²) in [5.74, 6) is 4.07. The van der Waals surface area contributed by atoms with Crippen molar-refractivity contribution in [2.75, 3.05) is 11.9 Å². The molecule has 6 heterocycles. The first-order chi connectivity index (χ1) is 46.5. The largest absolute Gasteiger partial charge is 0.440 e. The zero-order chi connectivity index (χ0) is 61.8. The van der Waals surface area contributed by atoms with Gasteiger partial charge in [0, 0.05) is 73.4 Å². The predicted octanol–water partition coefficient (Wildman–Crippen LogP) is 21.3. The first-order valence-corrected chi connectivity index (χ1v) is 31.5. The average Bonchev–Trinajstić information content (AvgIpc) is 1.53. The summed E-state index contributed by atoms with van der Waals surface area (Å²) in [5.41, 5.74) is 14.3. The Morgan fingerprint density at radius 2 is 0.830 bits per heavy atom. The van der Waals surface area contributed by atoms with E-state index >= 15 is 0 Å². The van der Waals surface area contributed by atoms with Gasteiger partial charge < -0.3 is 14.2 Å². The second-order valence-corrected chi connectivity index (χ2v) is 24.0. The van der Waals surface area contributed by atoms with Gasteiger partial charge in [-0.3, -0.25) is 0 Å². The Kier molecular flexibility index (Phi) is 12.1. The molecule has 0 amide bonds. The van der Waals surface area contributed by atoms with Crippen molar-refractivity contribution < 1.29 is 8.83 Å². The highest BCUT2D eigenvalue weighted by molar-refractivity contribution is 6.17. The summed E-state index contributed by atoms with van der Waals surface area (Å²) in [6.07, 6.45) is 6.03. The molecule has 10 heteroatoms. The Morgan fingerprint density at radius 1 is 0.298 bits per heavy atom. The van der Waals surface area contributed by atoms with E-state index in [4.69, 9.17) is 43.7 Å². The molecular formula is C84H50N8O2. The molecule has 0 atom stereocenters. The fourth-order valence-corrected chi connectivity index (χ4v) is 13.8. The molecule has 19 rings (SSSR count). The zero-order valence-corrected chi connectivity index (χ0v) is 50.3. The monoisotopic (exact) mass is 1200 g/mol. The van der Waals surface area contributed by atoms with Crippen LogP contribution in [-0.2, 0) is 0 Å². The number of anilines is 1. The minimum Gasteiger partial charge on any atom is -0.440 e. The molecule has 0 aliphatic carbocycles. The molecule has 13 aromatic carbocycles. The number of fused-ring (bicyclic) bond motifs is 12. The maximum atomic E-state index is 6.78. The van der Waals surface area contributed by atoms with Crippen LogP contribution < -0.4 is 5.32 Å². The molecule has 0 unspecified atom stereocenters. The van der Waals surface area contributed by atoms with E-state index in [1.807, 2.05) is 66.7 Å². The quantitative estimate of drug-likeness (QED) is 0.140. The molecule has 0 radical (unpaired) electrons. The van der Waals surface area contributed by atoms with Crippen LogP contribution in [0.2, 0.25) is 0 Å². The molecule has 0 fully saturated rings. The maximum Gasteiger partial charge on any atom is 0.227 e. The van der Waals surface area contributed by atoms with Crippen LogP contribution in [0, 0.1) is 0 Å². The van der Waals surface area contributed by atoms with Gasteiger partial charge in [0.2, 0.25) is 11.6 Å². The van der Waals surface area contributed by atoms with Crippen LogP contribution >= 0.6 is 0 Å². The highest BCUT2D eigenvalue weighted by Crippen LogP contribution is 2.46. The van der Waals surface area contributed by atoms with Crippen molar-refractivity contribution in [3.8, 4) is 102 Å².